The van der Waals surface area contributed by atoms with E-state index >= 15 is 0 Å². The molecule has 0 atom stereocenters. The Morgan fingerprint density at radius 1 is 0.611 bits per heavy atom. The second-order valence-corrected chi connectivity index (χ2v) is 9.77. The van der Waals surface area contributed by atoms with Crippen molar-refractivity contribution in [3.63, 3.8) is 0 Å². The lowest BCUT2D eigenvalue weighted by Crippen LogP contribution is -1.97. The Morgan fingerprint density at radius 2 is 1.08 bits per heavy atom. The van der Waals surface area contributed by atoms with Crippen LogP contribution in [0, 0.1) is 0 Å². The molecule has 2 aromatic carbocycles. The Kier molecular flexibility index (Phi) is 16.2. The number of rotatable bonds is 21. The number of aliphatic imine (C=N–C) groups is 1. The summed E-state index contributed by atoms with van der Waals surface area (Å²) in [5.41, 5.74) is 1.50. The van der Waals surface area contributed by atoms with Crippen LogP contribution in [0.15, 0.2) is 47.5 Å². The number of aromatic hydroxyl groups is 1. The Bertz CT molecular complexity index is 832. The fraction of sp³-hybridized carbons (Fsp3) is 0.594. The molecule has 0 unspecified atom stereocenters. The summed E-state index contributed by atoms with van der Waals surface area (Å²) in [5, 5.41) is 10.4. The van der Waals surface area contributed by atoms with Gasteiger partial charge in [0.15, 0.2) is 0 Å². The van der Waals surface area contributed by atoms with Gasteiger partial charge in [-0.2, -0.15) is 0 Å². The molecule has 4 heteroatoms. The van der Waals surface area contributed by atoms with E-state index in [0.29, 0.717) is 17.9 Å². The maximum absolute atomic E-state index is 10.4. The molecule has 0 saturated carbocycles. The summed E-state index contributed by atoms with van der Waals surface area (Å²) in [6.07, 6.45) is 20.9. The average Bonchev–Trinajstić information content (AvgIpc) is 2.89. The number of phenols is 1. The first-order chi connectivity index (χ1) is 17.7. The first kappa shape index (κ1) is 29.7. The number of hydrogen-bond donors (Lipinski definition) is 1. The standard InChI is InChI=1S/C32H49NO3/c1-3-5-7-9-10-11-12-13-15-17-25-36-31-21-18-28(32(34)26-31)27-33-29-19-22-30(23-20-29)35-24-16-14-8-6-4-2/h18-23,26-27,34H,3-17,24-25H2,1-2H3. The minimum atomic E-state index is 0.183. The Morgan fingerprint density at radius 3 is 1.61 bits per heavy atom. The van der Waals surface area contributed by atoms with Crippen molar-refractivity contribution in [3.05, 3.63) is 48.0 Å². The van der Waals surface area contributed by atoms with Crippen molar-refractivity contribution in [2.24, 2.45) is 4.99 Å². The average molecular weight is 496 g/mol. The highest BCUT2D eigenvalue weighted by atomic mass is 16.5. The number of phenolic OH excluding ortho intramolecular Hbond substituents is 1. The maximum atomic E-state index is 10.4. The maximum Gasteiger partial charge on any atom is 0.128 e. The van der Waals surface area contributed by atoms with Crippen molar-refractivity contribution in [1.82, 2.24) is 0 Å². The van der Waals surface area contributed by atoms with Gasteiger partial charge in [0, 0.05) is 17.8 Å². The molecule has 0 bridgehead atoms. The molecule has 0 radical (unpaired) electrons. The van der Waals surface area contributed by atoms with E-state index in [1.54, 1.807) is 12.3 Å². The molecule has 0 aromatic heterocycles. The number of hydrogen-bond acceptors (Lipinski definition) is 4. The summed E-state index contributed by atoms with van der Waals surface area (Å²) in [7, 11) is 0. The van der Waals surface area contributed by atoms with E-state index in [0.717, 1.165) is 30.9 Å². The van der Waals surface area contributed by atoms with Crippen molar-refractivity contribution >= 4 is 11.9 Å². The third-order valence-electron chi connectivity index (χ3n) is 6.47. The molecule has 0 saturated heterocycles. The van der Waals surface area contributed by atoms with Crippen molar-refractivity contribution in [2.45, 2.75) is 110 Å². The minimum absolute atomic E-state index is 0.183. The van der Waals surface area contributed by atoms with E-state index < -0.39 is 0 Å². The highest BCUT2D eigenvalue weighted by Gasteiger charge is 2.03. The van der Waals surface area contributed by atoms with Gasteiger partial charge in [0.2, 0.25) is 0 Å². The molecule has 0 aliphatic heterocycles. The molecule has 4 nitrogen and oxygen atoms in total. The van der Waals surface area contributed by atoms with E-state index in [4.69, 9.17) is 9.47 Å². The SMILES string of the molecule is CCCCCCCCCCCCOc1ccc(C=Nc2ccc(OCCCCCCC)cc2)c(O)c1. The highest BCUT2D eigenvalue weighted by molar-refractivity contribution is 5.85. The number of benzene rings is 2. The van der Waals surface area contributed by atoms with Gasteiger partial charge in [-0.15, -0.1) is 0 Å². The molecular weight excluding hydrogens is 446 g/mol. The van der Waals surface area contributed by atoms with Crippen LogP contribution in [-0.4, -0.2) is 24.5 Å². The van der Waals surface area contributed by atoms with Crippen molar-refractivity contribution < 1.29 is 14.6 Å². The fourth-order valence-electron chi connectivity index (χ4n) is 4.17. The Labute approximate surface area is 220 Å². The van der Waals surface area contributed by atoms with Gasteiger partial charge in [-0.25, -0.2) is 0 Å². The lowest BCUT2D eigenvalue weighted by Gasteiger charge is -2.08. The van der Waals surface area contributed by atoms with Gasteiger partial charge in [0.05, 0.1) is 18.9 Å². The molecule has 0 fully saturated rings. The zero-order valence-electron chi connectivity index (χ0n) is 22.9. The minimum Gasteiger partial charge on any atom is -0.507 e. The Balaban J connectivity index is 1.62. The highest BCUT2D eigenvalue weighted by Crippen LogP contribution is 2.24. The lowest BCUT2D eigenvalue weighted by molar-refractivity contribution is 0.302. The van der Waals surface area contributed by atoms with Gasteiger partial charge in [-0.1, -0.05) is 97.3 Å². The van der Waals surface area contributed by atoms with Crippen LogP contribution in [0.3, 0.4) is 0 Å². The Hall–Kier alpha value is -2.49. The van der Waals surface area contributed by atoms with Gasteiger partial charge in [-0.05, 0) is 49.2 Å². The number of nitrogens with zero attached hydrogens (tertiary/aromatic N) is 1. The summed E-state index contributed by atoms with van der Waals surface area (Å²) in [5.74, 6) is 1.76. The summed E-state index contributed by atoms with van der Waals surface area (Å²) in [6, 6.07) is 13.2. The molecule has 0 amide bonds. The summed E-state index contributed by atoms with van der Waals surface area (Å²) in [4.78, 5) is 4.49. The third kappa shape index (κ3) is 13.6. The molecule has 0 aliphatic carbocycles. The van der Waals surface area contributed by atoms with Crippen LogP contribution in [0.2, 0.25) is 0 Å². The first-order valence-electron chi connectivity index (χ1n) is 14.5. The van der Waals surface area contributed by atoms with Gasteiger partial charge >= 0.3 is 0 Å². The van der Waals surface area contributed by atoms with E-state index in [-0.39, 0.29) is 5.75 Å². The largest absolute Gasteiger partial charge is 0.507 e. The van der Waals surface area contributed by atoms with Crippen LogP contribution in [0.1, 0.15) is 116 Å². The van der Waals surface area contributed by atoms with Crippen molar-refractivity contribution in [1.29, 1.82) is 0 Å². The van der Waals surface area contributed by atoms with E-state index in [1.807, 2.05) is 36.4 Å². The number of unbranched alkanes of at least 4 members (excludes halogenated alkanes) is 13. The van der Waals surface area contributed by atoms with Gasteiger partial charge < -0.3 is 14.6 Å². The molecule has 2 rings (SSSR count). The molecule has 0 spiro atoms. The first-order valence-corrected chi connectivity index (χ1v) is 14.5. The second kappa shape index (κ2) is 19.7. The van der Waals surface area contributed by atoms with E-state index in [9.17, 15) is 5.11 Å². The van der Waals surface area contributed by atoms with E-state index in [1.165, 1.54) is 83.5 Å². The topological polar surface area (TPSA) is 51.0 Å². The van der Waals surface area contributed by atoms with Gasteiger partial charge in [0.25, 0.3) is 0 Å². The predicted molar refractivity (Wildman–Crippen MR) is 153 cm³/mol. The van der Waals surface area contributed by atoms with Crippen LogP contribution < -0.4 is 9.47 Å². The summed E-state index contributed by atoms with van der Waals surface area (Å²) < 4.78 is 11.6. The lowest BCUT2D eigenvalue weighted by atomic mass is 10.1. The fourth-order valence-corrected chi connectivity index (χ4v) is 4.17. The monoisotopic (exact) mass is 495 g/mol. The molecule has 1 N–H and O–H groups in total. The van der Waals surface area contributed by atoms with Crippen molar-refractivity contribution in [2.75, 3.05) is 13.2 Å². The molecule has 0 heterocycles. The van der Waals surface area contributed by atoms with Gasteiger partial charge in [0.1, 0.15) is 17.2 Å². The summed E-state index contributed by atoms with van der Waals surface area (Å²) in [6.45, 7) is 5.94. The van der Waals surface area contributed by atoms with Gasteiger partial charge in [-0.3, -0.25) is 4.99 Å². The van der Waals surface area contributed by atoms with Crippen LogP contribution >= 0.6 is 0 Å². The van der Waals surface area contributed by atoms with E-state index in [2.05, 4.69) is 18.8 Å². The third-order valence-corrected chi connectivity index (χ3v) is 6.47. The second-order valence-electron chi connectivity index (χ2n) is 9.77. The van der Waals surface area contributed by atoms with Crippen molar-refractivity contribution in [3.8, 4) is 17.2 Å². The van der Waals surface area contributed by atoms with Crippen LogP contribution in [0.25, 0.3) is 0 Å². The molecule has 2 aromatic rings. The van der Waals surface area contributed by atoms with Crippen LogP contribution in [0.4, 0.5) is 5.69 Å². The molecule has 36 heavy (non-hydrogen) atoms. The van der Waals surface area contributed by atoms with Crippen LogP contribution in [-0.2, 0) is 0 Å². The quantitative estimate of drug-likeness (QED) is 0.138. The molecule has 0 aliphatic rings. The zero-order chi connectivity index (χ0) is 25.7. The zero-order valence-corrected chi connectivity index (χ0v) is 22.9. The smallest absolute Gasteiger partial charge is 0.128 e. The van der Waals surface area contributed by atoms with Crippen LogP contribution in [0.5, 0.6) is 17.2 Å². The normalized spacial score (nSPS) is 11.3. The molecule has 200 valence electrons. The molecular formula is C32H49NO3. The summed E-state index contributed by atoms with van der Waals surface area (Å²) >= 11 is 0. The predicted octanol–water partition coefficient (Wildman–Crippen LogP) is 9.79. The number of ether oxygens (including phenoxy) is 2.